The fourth-order valence-electron chi connectivity index (χ4n) is 1.02. The van der Waals surface area contributed by atoms with E-state index in [2.05, 4.69) is 4.74 Å². The maximum Gasteiger partial charge on any atom is 0.573 e. The number of para-hydroxylation sites is 1. The number of benzene rings is 1. The molecular formula is C9H9F3O. The highest BCUT2D eigenvalue weighted by Crippen LogP contribution is 2.26. The monoisotopic (exact) mass is 190 g/mol. The first-order valence-corrected chi connectivity index (χ1v) is 3.86. The molecule has 0 spiro atoms. The summed E-state index contributed by atoms with van der Waals surface area (Å²) < 4.78 is 39.3. The number of aryl methyl sites for hydroxylation is 1. The van der Waals surface area contributed by atoms with E-state index in [9.17, 15) is 13.2 Å². The third kappa shape index (κ3) is 2.97. The zero-order chi connectivity index (χ0) is 9.90. The molecule has 0 radical (unpaired) electrons. The van der Waals surface area contributed by atoms with Gasteiger partial charge >= 0.3 is 6.36 Å². The van der Waals surface area contributed by atoms with Crippen LogP contribution in [0.25, 0.3) is 0 Å². The molecule has 0 heterocycles. The average molecular weight is 190 g/mol. The molecule has 0 N–H and O–H groups in total. The Balaban J connectivity index is 2.87. The summed E-state index contributed by atoms with van der Waals surface area (Å²) in [7, 11) is 0. The van der Waals surface area contributed by atoms with Crippen molar-refractivity contribution in [2.75, 3.05) is 0 Å². The van der Waals surface area contributed by atoms with Gasteiger partial charge in [-0.3, -0.25) is 0 Å². The molecule has 0 aliphatic rings. The van der Waals surface area contributed by atoms with E-state index in [0.717, 1.165) is 0 Å². The highest BCUT2D eigenvalue weighted by atomic mass is 19.4. The second-order valence-electron chi connectivity index (χ2n) is 2.51. The molecule has 0 atom stereocenters. The van der Waals surface area contributed by atoms with Crippen LogP contribution in [-0.4, -0.2) is 6.36 Å². The van der Waals surface area contributed by atoms with Crippen LogP contribution in [0.2, 0.25) is 0 Å². The van der Waals surface area contributed by atoms with Crippen molar-refractivity contribution >= 4 is 0 Å². The first kappa shape index (κ1) is 9.89. The van der Waals surface area contributed by atoms with Crippen LogP contribution in [0.3, 0.4) is 0 Å². The first-order valence-electron chi connectivity index (χ1n) is 3.86. The molecule has 1 nitrogen and oxygen atoms in total. The molecule has 0 fully saturated rings. The quantitative estimate of drug-likeness (QED) is 0.696. The van der Waals surface area contributed by atoms with E-state index in [1.165, 1.54) is 12.1 Å². The van der Waals surface area contributed by atoms with Gasteiger partial charge in [0.2, 0.25) is 0 Å². The minimum absolute atomic E-state index is 0.113. The lowest BCUT2D eigenvalue weighted by molar-refractivity contribution is -0.274. The first-order chi connectivity index (χ1) is 6.03. The van der Waals surface area contributed by atoms with Gasteiger partial charge in [0.05, 0.1) is 0 Å². The summed E-state index contributed by atoms with van der Waals surface area (Å²) in [5, 5.41) is 0. The third-order valence-corrected chi connectivity index (χ3v) is 1.58. The van der Waals surface area contributed by atoms with Gasteiger partial charge in [0, 0.05) is 0 Å². The lowest BCUT2D eigenvalue weighted by Gasteiger charge is -2.11. The SMILES string of the molecule is CCc1ccccc1OC(F)(F)F. The summed E-state index contributed by atoms with van der Waals surface area (Å²) >= 11 is 0. The van der Waals surface area contributed by atoms with Gasteiger partial charge in [-0.05, 0) is 18.1 Å². The predicted molar refractivity (Wildman–Crippen MR) is 42.5 cm³/mol. The number of hydrogen-bond donors (Lipinski definition) is 0. The zero-order valence-electron chi connectivity index (χ0n) is 7.06. The molecule has 0 saturated carbocycles. The van der Waals surface area contributed by atoms with Gasteiger partial charge in [-0.25, -0.2) is 0 Å². The summed E-state index contributed by atoms with van der Waals surface area (Å²) in [4.78, 5) is 0. The van der Waals surface area contributed by atoms with Gasteiger partial charge in [0.25, 0.3) is 0 Å². The van der Waals surface area contributed by atoms with Crippen molar-refractivity contribution in [2.45, 2.75) is 19.7 Å². The van der Waals surface area contributed by atoms with E-state index >= 15 is 0 Å². The van der Waals surface area contributed by atoms with Gasteiger partial charge < -0.3 is 4.74 Å². The minimum Gasteiger partial charge on any atom is -0.406 e. The van der Waals surface area contributed by atoms with Gasteiger partial charge in [-0.1, -0.05) is 25.1 Å². The summed E-state index contributed by atoms with van der Waals surface area (Å²) in [5.41, 5.74) is 0.555. The van der Waals surface area contributed by atoms with E-state index in [-0.39, 0.29) is 5.75 Å². The van der Waals surface area contributed by atoms with Gasteiger partial charge in [-0.2, -0.15) is 0 Å². The second kappa shape index (κ2) is 3.68. The van der Waals surface area contributed by atoms with E-state index in [0.29, 0.717) is 12.0 Å². The van der Waals surface area contributed by atoms with Crippen LogP contribution in [0.15, 0.2) is 24.3 Å². The van der Waals surface area contributed by atoms with Gasteiger partial charge in [-0.15, -0.1) is 13.2 Å². The van der Waals surface area contributed by atoms with E-state index < -0.39 is 6.36 Å². The summed E-state index contributed by atoms with van der Waals surface area (Å²) in [6.07, 6.45) is -4.09. The van der Waals surface area contributed by atoms with Crippen molar-refractivity contribution in [3.8, 4) is 5.75 Å². The van der Waals surface area contributed by atoms with Crippen LogP contribution in [0.5, 0.6) is 5.75 Å². The van der Waals surface area contributed by atoms with Crippen LogP contribution < -0.4 is 4.74 Å². The van der Waals surface area contributed by atoms with Crippen molar-refractivity contribution in [1.82, 2.24) is 0 Å². The predicted octanol–water partition coefficient (Wildman–Crippen LogP) is 3.15. The van der Waals surface area contributed by atoms with Crippen LogP contribution in [0, 0.1) is 0 Å². The van der Waals surface area contributed by atoms with Crippen molar-refractivity contribution in [2.24, 2.45) is 0 Å². The Morgan fingerprint density at radius 1 is 1.23 bits per heavy atom. The molecule has 1 aromatic carbocycles. The smallest absolute Gasteiger partial charge is 0.406 e. The number of halogens is 3. The Hall–Kier alpha value is -1.19. The molecule has 13 heavy (non-hydrogen) atoms. The molecule has 0 aliphatic carbocycles. The fourth-order valence-corrected chi connectivity index (χ4v) is 1.02. The second-order valence-corrected chi connectivity index (χ2v) is 2.51. The lowest BCUT2D eigenvalue weighted by atomic mass is 10.1. The highest BCUT2D eigenvalue weighted by Gasteiger charge is 2.31. The Labute approximate surface area is 74.1 Å². The van der Waals surface area contributed by atoms with Crippen molar-refractivity contribution in [3.05, 3.63) is 29.8 Å². The number of ether oxygens (including phenoxy) is 1. The third-order valence-electron chi connectivity index (χ3n) is 1.58. The Bertz CT molecular complexity index is 280. The van der Waals surface area contributed by atoms with Crippen molar-refractivity contribution < 1.29 is 17.9 Å². The topological polar surface area (TPSA) is 9.23 Å². The Morgan fingerprint density at radius 3 is 2.38 bits per heavy atom. The molecule has 1 aromatic rings. The van der Waals surface area contributed by atoms with E-state index in [1.807, 2.05) is 0 Å². The molecule has 4 heteroatoms. The maximum atomic E-state index is 11.8. The van der Waals surface area contributed by atoms with Crippen molar-refractivity contribution in [3.63, 3.8) is 0 Å². The number of hydrogen-bond acceptors (Lipinski definition) is 1. The number of rotatable bonds is 2. The molecule has 1 rings (SSSR count). The molecule has 0 aromatic heterocycles. The maximum absolute atomic E-state index is 11.8. The molecule has 0 saturated heterocycles. The molecule has 0 aliphatic heterocycles. The fraction of sp³-hybridized carbons (Fsp3) is 0.333. The Kier molecular flexibility index (Phi) is 2.80. The lowest BCUT2D eigenvalue weighted by Crippen LogP contribution is -2.17. The standard InChI is InChI=1S/C9H9F3O/c1-2-7-5-3-4-6-8(7)13-9(10,11)12/h3-6H,2H2,1H3. The van der Waals surface area contributed by atoms with E-state index in [1.54, 1.807) is 19.1 Å². The summed E-state index contributed by atoms with van der Waals surface area (Å²) in [6.45, 7) is 1.78. The normalized spacial score (nSPS) is 11.4. The number of alkyl halides is 3. The zero-order valence-corrected chi connectivity index (χ0v) is 7.06. The highest BCUT2D eigenvalue weighted by molar-refractivity contribution is 5.33. The van der Waals surface area contributed by atoms with Crippen LogP contribution in [0.1, 0.15) is 12.5 Å². The minimum atomic E-state index is -4.61. The van der Waals surface area contributed by atoms with Gasteiger partial charge in [0.1, 0.15) is 5.75 Å². The average Bonchev–Trinajstić information content (AvgIpc) is 2.02. The van der Waals surface area contributed by atoms with Crippen LogP contribution in [-0.2, 0) is 6.42 Å². The largest absolute Gasteiger partial charge is 0.573 e. The van der Waals surface area contributed by atoms with Crippen LogP contribution >= 0.6 is 0 Å². The molecule has 72 valence electrons. The summed E-state index contributed by atoms with van der Waals surface area (Å²) in [5.74, 6) is -0.113. The summed E-state index contributed by atoms with van der Waals surface area (Å²) in [6, 6.07) is 6.12. The Morgan fingerprint density at radius 2 is 1.85 bits per heavy atom. The molecule has 0 amide bonds. The van der Waals surface area contributed by atoms with E-state index in [4.69, 9.17) is 0 Å². The molecule has 0 bridgehead atoms. The molecule has 0 unspecified atom stereocenters. The molecular weight excluding hydrogens is 181 g/mol. The van der Waals surface area contributed by atoms with Crippen LogP contribution in [0.4, 0.5) is 13.2 Å². The van der Waals surface area contributed by atoms with Crippen molar-refractivity contribution in [1.29, 1.82) is 0 Å². The van der Waals surface area contributed by atoms with Gasteiger partial charge in [0.15, 0.2) is 0 Å².